The second-order valence-electron chi connectivity index (χ2n) is 4.93. The van der Waals surface area contributed by atoms with Crippen LogP contribution in [0.4, 0.5) is 11.5 Å². The number of allylic oxidation sites excluding steroid dienone is 1. The van der Waals surface area contributed by atoms with Crippen LogP contribution in [0.2, 0.25) is 0 Å². The lowest BCUT2D eigenvalue weighted by molar-refractivity contribution is 0.909. The van der Waals surface area contributed by atoms with E-state index >= 15 is 0 Å². The van der Waals surface area contributed by atoms with Crippen LogP contribution < -0.4 is 10.7 Å². The summed E-state index contributed by atoms with van der Waals surface area (Å²) in [5, 5.41) is 7.25. The number of hydrogen-bond donors (Lipinski definition) is 2. The van der Waals surface area contributed by atoms with E-state index in [9.17, 15) is 0 Å². The van der Waals surface area contributed by atoms with Gasteiger partial charge in [0.2, 0.25) is 0 Å². The highest BCUT2D eigenvalue weighted by atomic mass is 15.3. The van der Waals surface area contributed by atoms with Gasteiger partial charge in [-0.25, -0.2) is 9.97 Å². The van der Waals surface area contributed by atoms with Crippen LogP contribution in [-0.2, 0) is 0 Å². The number of rotatable bonds is 5. The number of aromatic nitrogens is 4. The SMILES string of the molecule is C=C(/C=N\NC)c1cnc2c(Nc3ccnc(C)c3)nccn12. The van der Waals surface area contributed by atoms with E-state index in [0.717, 1.165) is 28.3 Å². The van der Waals surface area contributed by atoms with Crippen molar-refractivity contribution in [3.63, 3.8) is 0 Å². The largest absolute Gasteiger partial charge is 0.337 e. The van der Waals surface area contributed by atoms with Gasteiger partial charge in [-0.2, -0.15) is 5.10 Å². The topological polar surface area (TPSA) is 79.5 Å². The number of nitrogens with zero attached hydrogens (tertiary/aromatic N) is 5. The number of pyridine rings is 1. The van der Waals surface area contributed by atoms with Crippen molar-refractivity contribution in [1.29, 1.82) is 0 Å². The molecule has 0 atom stereocenters. The molecule has 3 rings (SSSR count). The van der Waals surface area contributed by atoms with Crippen LogP contribution >= 0.6 is 0 Å². The zero-order valence-corrected chi connectivity index (χ0v) is 13.0. The molecule has 0 unspecified atom stereocenters. The maximum absolute atomic E-state index is 4.45. The van der Waals surface area contributed by atoms with Crippen molar-refractivity contribution in [2.24, 2.45) is 5.10 Å². The molecule has 3 aromatic rings. The molecule has 0 saturated carbocycles. The third kappa shape index (κ3) is 3.03. The first-order valence-corrected chi connectivity index (χ1v) is 7.10. The van der Waals surface area contributed by atoms with Crippen molar-refractivity contribution in [2.45, 2.75) is 6.92 Å². The molecule has 0 amide bonds. The van der Waals surface area contributed by atoms with Gasteiger partial charge in [0.05, 0.1) is 18.1 Å². The van der Waals surface area contributed by atoms with Crippen molar-refractivity contribution in [2.75, 3.05) is 12.4 Å². The number of aryl methyl sites for hydroxylation is 1. The molecule has 7 heteroatoms. The van der Waals surface area contributed by atoms with Crippen LogP contribution in [0.1, 0.15) is 11.4 Å². The van der Waals surface area contributed by atoms with Gasteiger partial charge in [-0.1, -0.05) is 6.58 Å². The first-order chi connectivity index (χ1) is 11.2. The Labute approximate surface area is 133 Å². The van der Waals surface area contributed by atoms with Crippen molar-refractivity contribution in [3.05, 3.63) is 54.9 Å². The average Bonchev–Trinajstić information content (AvgIpc) is 2.98. The molecule has 0 aliphatic carbocycles. The van der Waals surface area contributed by atoms with E-state index in [0.29, 0.717) is 5.82 Å². The minimum absolute atomic E-state index is 0.669. The monoisotopic (exact) mass is 307 g/mol. The summed E-state index contributed by atoms with van der Waals surface area (Å²) in [6.07, 6.45) is 8.73. The van der Waals surface area contributed by atoms with Gasteiger partial charge in [-0.05, 0) is 19.1 Å². The summed E-state index contributed by atoms with van der Waals surface area (Å²) in [5.41, 5.74) is 6.88. The Kier molecular flexibility index (Phi) is 4.01. The fourth-order valence-electron chi connectivity index (χ4n) is 2.21. The van der Waals surface area contributed by atoms with Gasteiger partial charge in [-0.15, -0.1) is 0 Å². The lowest BCUT2D eigenvalue weighted by Crippen LogP contribution is -2.01. The molecule has 0 bridgehead atoms. The summed E-state index contributed by atoms with van der Waals surface area (Å²) in [5.74, 6) is 0.669. The van der Waals surface area contributed by atoms with E-state index in [-0.39, 0.29) is 0 Å². The Balaban J connectivity index is 1.98. The summed E-state index contributed by atoms with van der Waals surface area (Å²) < 4.78 is 1.92. The standard InChI is InChI=1S/C16H17N7/c1-11(9-21-17-3)14-10-20-16-15(19-6-7-23(14)16)22-13-4-5-18-12(2)8-13/h4-10,17H,1H2,2-3H3,(H,18,19,22)/b21-9-. The highest BCUT2D eigenvalue weighted by molar-refractivity contribution is 6.08. The third-order valence-corrected chi connectivity index (χ3v) is 3.27. The molecule has 0 saturated heterocycles. The van der Waals surface area contributed by atoms with E-state index in [1.807, 2.05) is 29.7 Å². The molecule has 0 aliphatic heterocycles. The van der Waals surface area contributed by atoms with Crippen LogP contribution in [-0.4, -0.2) is 32.6 Å². The summed E-state index contributed by atoms with van der Waals surface area (Å²) in [7, 11) is 1.74. The van der Waals surface area contributed by atoms with Gasteiger partial charge in [0.1, 0.15) is 0 Å². The maximum Gasteiger partial charge on any atom is 0.180 e. The van der Waals surface area contributed by atoms with Crippen LogP contribution in [0.15, 0.2) is 48.6 Å². The first-order valence-electron chi connectivity index (χ1n) is 7.10. The second-order valence-corrected chi connectivity index (χ2v) is 4.93. The van der Waals surface area contributed by atoms with Crippen molar-refractivity contribution >= 4 is 28.9 Å². The highest BCUT2D eigenvalue weighted by Crippen LogP contribution is 2.21. The quantitative estimate of drug-likeness (QED) is 0.559. The van der Waals surface area contributed by atoms with Crippen molar-refractivity contribution in [1.82, 2.24) is 24.8 Å². The van der Waals surface area contributed by atoms with Gasteiger partial charge < -0.3 is 10.7 Å². The van der Waals surface area contributed by atoms with Crippen LogP contribution in [0.3, 0.4) is 0 Å². The number of hydrazone groups is 1. The fourth-order valence-corrected chi connectivity index (χ4v) is 2.21. The molecule has 116 valence electrons. The number of fused-ring (bicyclic) bond motifs is 1. The number of hydrogen-bond acceptors (Lipinski definition) is 6. The molecule has 0 radical (unpaired) electrons. The van der Waals surface area contributed by atoms with Gasteiger partial charge >= 0.3 is 0 Å². The van der Waals surface area contributed by atoms with Gasteiger partial charge in [0.15, 0.2) is 11.5 Å². The number of nitrogens with one attached hydrogen (secondary N) is 2. The van der Waals surface area contributed by atoms with E-state index < -0.39 is 0 Å². The molecule has 3 heterocycles. The molecule has 0 aromatic carbocycles. The molecule has 0 aliphatic rings. The normalized spacial score (nSPS) is 11.0. The first kappa shape index (κ1) is 14.7. The second kappa shape index (κ2) is 6.27. The van der Waals surface area contributed by atoms with Crippen molar-refractivity contribution in [3.8, 4) is 0 Å². The lowest BCUT2D eigenvalue weighted by Gasteiger charge is -2.08. The molecule has 0 fully saturated rings. The van der Waals surface area contributed by atoms with E-state index in [1.54, 1.807) is 31.9 Å². The Morgan fingerprint density at radius 2 is 2.17 bits per heavy atom. The predicted molar refractivity (Wildman–Crippen MR) is 91.8 cm³/mol. The van der Waals surface area contributed by atoms with Gasteiger partial charge in [0.25, 0.3) is 0 Å². The molecular weight excluding hydrogens is 290 g/mol. The summed E-state index contributed by atoms with van der Waals surface area (Å²) >= 11 is 0. The Morgan fingerprint density at radius 1 is 1.30 bits per heavy atom. The summed E-state index contributed by atoms with van der Waals surface area (Å²) in [6.45, 7) is 5.95. The van der Waals surface area contributed by atoms with Gasteiger partial charge in [0, 0.05) is 42.6 Å². The molecule has 3 aromatic heterocycles. The number of anilines is 2. The zero-order valence-electron chi connectivity index (χ0n) is 13.0. The Hall–Kier alpha value is -3.22. The summed E-state index contributed by atoms with van der Waals surface area (Å²) in [4.78, 5) is 13.0. The fraction of sp³-hybridized carbons (Fsp3) is 0.125. The van der Waals surface area contributed by atoms with Crippen LogP contribution in [0, 0.1) is 6.92 Å². The molecule has 0 spiro atoms. The molecule has 2 N–H and O–H groups in total. The average molecular weight is 307 g/mol. The summed E-state index contributed by atoms with van der Waals surface area (Å²) in [6, 6.07) is 3.84. The smallest absolute Gasteiger partial charge is 0.180 e. The highest BCUT2D eigenvalue weighted by Gasteiger charge is 2.10. The predicted octanol–water partition coefficient (Wildman–Crippen LogP) is 2.39. The number of imidazole rings is 1. The third-order valence-electron chi connectivity index (χ3n) is 3.27. The lowest BCUT2D eigenvalue weighted by atomic mass is 10.2. The molecule has 7 nitrogen and oxygen atoms in total. The molecular formula is C16H17N7. The molecule has 23 heavy (non-hydrogen) atoms. The zero-order chi connectivity index (χ0) is 16.2. The van der Waals surface area contributed by atoms with Gasteiger partial charge in [-0.3, -0.25) is 9.38 Å². The Bertz CT molecular complexity index is 879. The van der Waals surface area contributed by atoms with Crippen LogP contribution in [0.5, 0.6) is 0 Å². The van der Waals surface area contributed by atoms with Crippen LogP contribution in [0.25, 0.3) is 11.2 Å². The van der Waals surface area contributed by atoms with Crippen molar-refractivity contribution < 1.29 is 0 Å². The van der Waals surface area contributed by atoms with E-state index in [2.05, 4.69) is 37.4 Å². The minimum Gasteiger partial charge on any atom is -0.337 e. The Morgan fingerprint density at radius 3 is 2.96 bits per heavy atom. The maximum atomic E-state index is 4.45. The van der Waals surface area contributed by atoms with E-state index in [1.165, 1.54) is 0 Å². The van der Waals surface area contributed by atoms with E-state index in [4.69, 9.17) is 0 Å². The minimum atomic E-state index is 0.669.